The third kappa shape index (κ3) is 3.71. The highest BCUT2D eigenvalue weighted by Gasteiger charge is 2.22. The molecular formula is C20H17N5O. The second-order valence-electron chi connectivity index (χ2n) is 6.06. The average Bonchev–Trinajstić information content (AvgIpc) is 3.11. The standard InChI is InChI=1S/C20H17N5O/c1-13(19-24-17-4-2-3-5-18(17)25-19)23-20(26)16(12-22)10-14-6-8-15(11-21)9-7-14/h2-9,13,16H,10H2,1H3,(H,23,26)(H,24,25)/t13-,16-/m1/s1. The van der Waals surface area contributed by atoms with Gasteiger partial charge in [-0.15, -0.1) is 0 Å². The molecule has 0 aliphatic rings. The number of rotatable bonds is 5. The zero-order valence-corrected chi connectivity index (χ0v) is 14.2. The fraction of sp³-hybridized carbons (Fsp3) is 0.200. The van der Waals surface area contributed by atoms with Crippen molar-refractivity contribution in [2.24, 2.45) is 5.92 Å². The number of H-pyrrole nitrogens is 1. The largest absolute Gasteiger partial charge is 0.345 e. The summed E-state index contributed by atoms with van der Waals surface area (Å²) in [7, 11) is 0. The predicted molar refractivity (Wildman–Crippen MR) is 96.6 cm³/mol. The minimum atomic E-state index is -0.810. The summed E-state index contributed by atoms with van der Waals surface area (Å²) in [5.74, 6) is -0.505. The molecule has 0 aliphatic carbocycles. The molecular weight excluding hydrogens is 326 g/mol. The maximum absolute atomic E-state index is 12.5. The Bertz CT molecular complexity index is 974. The zero-order chi connectivity index (χ0) is 18.5. The molecule has 6 heteroatoms. The van der Waals surface area contributed by atoms with Gasteiger partial charge in [0.2, 0.25) is 5.91 Å². The number of imidazole rings is 1. The van der Waals surface area contributed by atoms with E-state index in [9.17, 15) is 10.1 Å². The number of nitrogens with zero attached hydrogens (tertiary/aromatic N) is 3. The molecule has 128 valence electrons. The van der Waals surface area contributed by atoms with Gasteiger partial charge < -0.3 is 10.3 Å². The van der Waals surface area contributed by atoms with Crippen LogP contribution in [0.1, 0.15) is 29.9 Å². The number of amides is 1. The third-order valence-corrected chi connectivity index (χ3v) is 4.17. The van der Waals surface area contributed by atoms with Crippen LogP contribution < -0.4 is 5.32 Å². The third-order valence-electron chi connectivity index (χ3n) is 4.17. The number of para-hydroxylation sites is 2. The van der Waals surface area contributed by atoms with E-state index in [1.807, 2.05) is 37.3 Å². The van der Waals surface area contributed by atoms with Gasteiger partial charge >= 0.3 is 0 Å². The number of carbonyl (C=O) groups is 1. The van der Waals surface area contributed by atoms with Gasteiger partial charge in [-0.25, -0.2) is 4.98 Å². The Labute approximate surface area is 151 Å². The first-order chi connectivity index (χ1) is 12.6. The van der Waals surface area contributed by atoms with E-state index in [0.29, 0.717) is 17.8 Å². The van der Waals surface area contributed by atoms with E-state index in [1.165, 1.54) is 0 Å². The lowest BCUT2D eigenvalue weighted by Crippen LogP contribution is -2.33. The molecule has 0 bridgehead atoms. The molecule has 2 atom stereocenters. The monoisotopic (exact) mass is 343 g/mol. The molecule has 0 saturated heterocycles. The molecule has 0 saturated carbocycles. The number of hydrogen-bond donors (Lipinski definition) is 2. The number of aromatic nitrogens is 2. The topological polar surface area (TPSA) is 105 Å². The summed E-state index contributed by atoms with van der Waals surface area (Å²) in [4.78, 5) is 20.1. The van der Waals surface area contributed by atoms with Crippen molar-refractivity contribution in [1.29, 1.82) is 10.5 Å². The molecule has 0 fully saturated rings. The van der Waals surface area contributed by atoms with E-state index in [4.69, 9.17) is 5.26 Å². The molecule has 0 unspecified atom stereocenters. The van der Waals surface area contributed by atoms with Gasteiger partial charge in [-0.1, -0.05) is 24.3 Å². The first kappa shape index (κ1) is 17.2. The van der Waals surface area contributed by atoms with Crippen molar-refractivity contribution < 1.29 is 4.79 Å². The summed E-state index contributed by atoms with van der Waals surface area (Å²) in [5.41, 5.74) is 3.11. The average molecular weight is 343 g/mol. The molecule has 1 heterocycles. The Morgan fingerprint density at radius 2 is 1.92 bits per heavy atom. The van der Waals surface area contributed by atoms with Crippen LogP contribution in [0.5, 0.6) is 0 Å². The summed E-state index contributed by atoms with van der Waals surface area (Å²) in [6, 6.07) is 18.3. The van der Waals surface area contributed by atoms with Crippen molar-refractivity contribution in [3.05, 3.63) is 65.5 Å². The lowest BCUT2D eigenvalue weighted by atomic mass is 9.98. The first-order valence-electron chi connectivity index (χ1n) is 8.24. The number of hydrogen-bond acceptors (Lipinski definition) is 4. The Balaban J connectivity index is 1.68. The SMILES string of the molecule is C[C@@H](NC(=O)[C@@H](C#N)Cc1ccc(C#N)cc1)c1nc2ccccc2[nH]1. The molecule has 0 spiro atoms. The highest BCUT2D eigenvalue weighted by molar-refractivity contribution is 5.82. The van der Waals surface area contributed by atoms with Gasteiger partial charge in [-0.05, 0) is 43.2 Å². The van der Waals surface area contributed by atoms with Crippen molar-refractivity contribution in [3.8, 4) is 12.1 Å². The van der Waals surface area contributed by atoms with Gasteiger partial charge in [0.15, 0.2) is 0 Å². The lowest BCUT2D eigenvalue weighted by molar-refractivity contribution is -0.124. The molecule has 3 rings (SSSR count). The van der Waals surface area contributed by atoms with Crippen LogP contribution in [0.25, 0.3) is 11.0 Å². The van der Waals surface area contributed by atoms with Crippen molar-refractivity contribution in [2.75, 3.05) is 0 Å². The Kier molecular flexibility index (Phi) is 4.96. The van der Waals surface area contributed by atoms with Crippen molar-refractivity contribution >= 4 is 16.9 Å². The number of nitriles is 2. The molecule has 26 heavy (non-hydrogen) atoms. The van der Waals surface area contributed by atoms with Gasteiger partial charge in [-0.2, -0.15) is 10.5 Å². The van der Waals surface area contributed by atoms with E-state index >= 15 is 0 Å². The number of benzene rings is 2. The molecule has 0 aliphatic heterocycles. The minimum Gasteiger partial charge on any atom is -0.345 e. The smallest absolute Gasteiger partial charge is 0.238 e. The first-order valence-corrected chi connectivity index (χ1v) is 8.24. The van der Waals surface area contributed by atoms with Crippen LogP contribution in [0.3, 0.4) is 0 Å². The van der Waals surface area contributed by atoms with E-state index in [1.54, 1.807) is 24.3 Å². The van der Waals surface area contributed by atoms with Crippen molar-refractivity contribution in [3.63, 3.8) is 0 Å². The normalized spacial score (nSPS) is 12.7. The van der Waals surface area contributed by atoms with E-state index in [2.05, 4.69) is 21.4 Å². The Hall–Kier alpha value is -3.64. The van der Waals surface area contributed by atoms with E-state index < -0.39 is 5.92 Å². The minimum absolute atomic E-state index is 0.293. The van der Waals surface area contributed by atoms with Crippen LogP contribution in [0.4, 0.5) is 0 Å². The van der Waals surface area contributed by atoms with Gasteiger partial charge in [0, 0.05) is 0 Å². The molecule has 1 aromatic heterocycles. The molecule has 1 amide bonds. The molecule has 2 N–H and O–H groups in total. The Morgan fingerprint density at radius 1 is 1.19 bits per heavy atom. The quantitative estimate of drug-likeness (QED) is 0.743. The fourth-order valence-corrected chi connectivity index (χ4v) is 2.71. The van der Waals surface area contributed by atoms with Gasteiger partial charge in [0.25, 0.3) is 0 Å². The van der Waals surface area contributed by atoms with Crippen LogP contribution in [-0.4, -0.2) is 15.9 Å². The fourth-order valence-electron chi connectivity index (χ4n) is 2.71. The zero-order valence-electron chi connectivity index (χ0n) is 14.2. The van der Waals surface area contributed by atoms with Gasteiger partial charge in [0.1, 0.15) is 11.7 Å². The number of nitrogens with one attached hydrogen (secondary N) is 2. The second kappa shape index (κ2) is 7.50. The highest BCUT2D eigenvalue weighted by atomic mass is 16.1. The van der Waals surface area contributed by atoms with Gasteiger partial charge in [-0.3, -0.25) is 4.79 Å². The van der Waals surface area contributed by atoms with Crippen LogP contribution in [0.15, 0.2) is 48.5 Å². The van der Waals surface area contributed by atoms with Crippen LogP contribution in [0.2, 0.25) is 0 Å². The number of aromatic amines is 1. The summed E-state index contributed by atoms with van der Waals surface area (Å²) in [6.45, 7) is 1.83. The van der Waals surface area contributed by atoms with E-state index in [0.717, 1.165) is 16.6 Å². The van der Waals surface area contributed by atoms with Crippen molar-refractivity contribution in [2.45, 2.75) is 19.4 Å². The molecule has 3 aromatic rings. The van der Waals surface area contributed by atoms with Crippen LogP contribution in [0, 0.1) is 28.6 Å². The van der Waals surface area contributed by atoms with Crippen molar-refractivity contribution in [1.82, 2.24) is 15.3 Å². The molecule has 2 aromatic carbocycles. The lowest BCUT2D eigenvalue weighted by Gasteiger charge is -2.14. The second-order valence-corrected chi connectivity index (χ2v) is 6.06. The summed E-state index contributed by atoms with van der Waals surface area (Å²) < 4.78 is 0. The van der Waals surface area contributed by atoms with Crippen LogP contribution in [-0.2, 0) is 11.2 Å². The highest BCUT2D eigenvalue weighted by Crippen LogP contribution is 2.17. The summed E-state index contributed by atoms with van der Waals surface area (Å²) >= 11 is 0. The number of fused-ring (bicyclic) bond motifs is 1. The van der Waals surface area contributed by atoms with Crippen LogP contribution >= 0.6 is 0 Å². The summed E-state index contributed by atoms with van der Waals surface area (Å²) in [6.07, 6.45) is 0.293. The molecule has 6 nitrogen and oxygen atoms in total. The molecule has 0 radical (unpaired) electrons. The predicted octanol–water partition coefficient (Wildman–Crippen LogP) is 2.99. The maximum atomic E-state index is 12.5. The maximum Gasteiger partial charge on any atom is 0.238 e. The van der Waals surface area contributed by atoms with E-state index in [-0.39, 0.29) is 11.9 Å². The van der Waals surface area contributed by atoms with Gasteiger partial charge in [0.05, 0.1) is 34.8 Å². The number of carbonyl (C=O) groups excluding carboxylic acids is 1. The summed E-state index contributed by atoms with van der Waals surface area (Å²) in [5, 5.41) is 21.0. The Morgan fingerprint density at radius 3 is 2.58 bits per heavy atom.